The summed E-state index contributed by atoms with van der Waals surface area (Å²) < 4.78 is 5.79. The van der Waals surface area contributed by atoms with Gasteiger partial charge in [-0.2, -0.15) is 0 Å². The number of nitrogens with two attached hydrogens (primary N) is 1. The maximum absolute atomic E-state index is 5.80. The van der Waals surface area contributed by atoms with Crippen LogP contribution in [0.3, 0.4) is 0 Å². The molecule has 0 heterocycles. The van der Waals surface area contributed by atoms with E-state index in [2.05, 4.69) is 15.2 Å². The van der Waals surface area contributed by atoms with Gasteiger partial charge in [0.2, 0.25) is 0 Å². The van der Waals surface area contributed by atoms with Crippen LogP contribution in [0.2, 0.25) is 0 Å². The number of hydrogen-bond donors (Lipinski definition) is 2. The molecule has 3 N–H and O–H groups in total. The van der Waals surface area contributed by atoms with Crippen molar-refractivity contribution in [2.45, 2.75) is 26.4 Å². The number of ether oxygens (including phenoxy) is 1. The van der Waals surface area contributed by atoms with Gasteiger partial charge in [-0.25, -0.2) is 4.99 Å². The number of halogens is 1. The molecule has 0 saturated heterocycles. The van der Waals surface area contributed by atoms with Gasteiger partial charge in [-0.05, 0) is 34.0 Å². The smallest absolute Gasteiger partial charge is 0.189 e. The molecule has 21 heavy (non-hydrogen) atoms. The minimum atomic E-state index is 0. The normalized spacial score (nSPS) is 11.4. The quantitative estimate of drug-likeness (QED) is 0.414. The van der Waals surface area contributed by atoms with Crippen molar-refractivity contribution < 1.29 is 4.74 Å². The maximum Gasteiger partial charge on any atom is 0.189 e. The highest BCUT2D eigenvalue weighted by Crippen LogP contribution is 2.18. The minimum Gasteiger partial charge on any atom is -0.492 e. The van der Waals surface area contributed by atoms with E-state index < -0.39 is 0 Å². The van der Waals surface area contributed by atoms with E-state index in [9.17, 15) is 0 Å². The number of hydrogen-bond acceptors (Lipinski definition) is 3. The summed E-state index contributed by atoms with van der Waals surface area (Å²) in [4.78, 5) is 6.42. The summed E-state index contributed by atoms with van der Waals surface area (Å²) in [6.45, 7) is 6.12. The zero-order valence-corrected chi connectivity index (χ0v) is 15.6. The van der Waals surface area contributed by atoms with Crippen LogP contribution in [0.5, 0.6) is 5.75 Å². The Labute approximate surface area is 145 Å². The van der Waals surface area contributed by atoms with Crippen LogP contribution in [0.1, 0.15) is 19.4 Å². The fraction of sp³-hybridized carbons (Fsp3) is 0.533. The number of guanidine groups is 1. The topological polar surface area (TPSA) is 62.9 Å². The van der Waals surface area contributed by atoms with Gasteiger partial charge in [-0.15, -0.1) is 24.0 Å². The Morgan fingerprint density at radius 3 is 2.62 bits per heavy atom. The van der Waals surface area contributed by atoms with Gasteiger partial charge in [0.15, 0.2) is 5.96 Å². The molecule has 1 rings (SSSR count). The van der Waals surface area contributed by atoms with Crippen LogP contribution >= 0.6 is 24.0 Å². The van der Waals surface area contributed by atoms with Crippen molar-refractivity contribution in [2.24, 2.45) is 10.7 Å². The third kappa shape index (κ3) is 8.77. The number of nitrogens with zero attached hydrogens (tertiary/aromatic N) is 2. The van der Waals surface area contributed by atoms with Crippen molar-refractivity contribution in [1.29, 1.82) is 0 Å². The van der Waals surface area contributed by atoms with Crippen LogP contribution in [-0.2, 0) is 6.54 Å². The first-order valence-corrected chi connectivity index (χ1v) is 6.91. The minimum absolute atomic E-state index is 0. The van der Waals surface area contributed by atoms with Gasteiger partial charge in [0.05, 0.1) is 6.54 Å². The highest BCUT2D eigenvalue weighted by atomic mass is 127. The molecular weight excluding hydrogens is 379 g/mol. The zero-order chi connectivity index (χ0) is 15.0. The highest BCUT2D eigenvalue weighted by molar-refractivity contribution is 14.0. The van der Waals surface area contributed by atoms with Crippen LogP contribution in [-0.4, -0.2) is 44.1 Å². The number of aliphatic imine (C=N–C) groups is 1. The number of nitrogens with one attached hydrogen (secondary N) is 1. The largest absolute Gasteiger partial charge is 0.492 e. The van der Waals surface area contributed by atoms with Crippen LogP contribution in [0.4, 0.5) is 0 Å². The zero-order valence-electron chi connectivity index (χ0n) is 13.3. The first kappa shape index (κ1) is 20.0. The Kier molecular flexibility index (Phi) is 10.2. The summed E-state index contributed by atoms with van der Waals surface area (Å²) >= 11 is 0. The van der Waals surface area contributed by atoms with Crippen molar-refractivity contribution >= 4 is 29.9 Å². The lowest BCUT2D eigenvalue weighted by atomic mass is 10.2. The van der Waals surface area contributed by atoms with Gasteiger partial charge >= 0.3 is 0 Å². The van der Waals surface area contributed by atoms with E-state index in [4.69, 9.17) is 10.5 Å². The molecule has 0 radical (unpaired) electrons. The van der Waals surface area contributed by atoms with Crippen molar-refractivity contribution in [3.8, 4) is 5.75 Å². The molecule has 0 aromatic heterocycles. The molecule has 0 amide bonds. The molecular formula is C15H27IN4O. The second kappa shape index (κ2) is 10.7. The average Bonchev–Trinajstić information content (AvgIpc) is 2.36. The Morgan fingerprint density at radius 1 is 1.33 bits per heavy atom. The Bertz CT molecular complexity index is 435. The SMILES string of the molecule is CC(C)NC(N)=NCc1ccccc1OCCN(C)C.I. The van der Waals surface area contributed by atoms with E-state index in [0.717, 1.165) is 17.9 Å². The Hall–Kier alpha value is -1.02. The standard InChI is InChI=1S/C15H26N4O.HI/c1-12(2)18-15(16)17-11-13-7-5-6-8-14(13)20-10-9-19(3)4;/h5-8,12H,9-11H2,1-4H3,(H3,16,17,18);1H. The number of benzene rings is 1. The van der Waals surface area contributed by atoms with Crippen molar-refractivity contribution in [3.63, 3.8) is 0 Å². The van der Waals surface area contributed by atoms with Gasteiger partial charge in [0.1, 0.15) is 12.4 Å². The summed E-state index contributed by atoms with van der Waals surface area (Å²) in [5.41, 5.74) is 6.85. The van der Waals surface area contributed by atoms with E-state index in [1.54, 1.807) is 0 Å². The lowest BCUT2D eigenvalue weighted by Gasteiger charge is -2.13. The molecule has 0 saturated carbocycles. The van der Waals surface area contributed by atoms with Crippen LogP contribution in [0.25, 0.3) is 0 Å². The highest BCUT2D eigenvalue weighted by Gasteiger charge is 2.03. The average molecular weight is 406 g/mol. The molecule has 0 fully saturated rings. The monoisotopic (exact) mass is 406 g/mol. The second-order valence-corrected chi connectivity index (χ2v) is 5.26. The number of likely N-dealkylation sites (N-methyl/N-ethyl adjacent to an activating group) is 1. The molecule has 0 aliphatic carbocycles. The third-order valence-electron chi connectivity index (χ3n) is 2.62. The number of para-hydroxylation sites is 1. The van der Waals surface area contributed by atoms with Gasteiger partial charge in [-0.1, -0.05) is 18.2 Å². The van der Waals surface area contributed by atoms with Gasteiger partial charge < -0.3 is 20.7 Å². The molecule has 1 aromatic rings. The number of rotatable bonds is 7. The molecule has 0 aliphatic rings. The van der Waals surface area contributed by atoms with Crippen LogP contribution in [0.15, 0.2) is 29.3 Å². The van der Waals surface area contributed by atoms with Crippen LogP contribution in [0, 0.1) is 0 Å². The first-order valence-electron chi connectivity index (χ1n) is 6.91. The maximum atomic E-state index is 5.80. The molecule has 0 unspecified atom stereocenters. The van der Waals surface area contributed by atoms with E-state index in [1.807, 2.05) is 52.2 Å². The van der Waals surface area contributed by atoms with Crippen LogP contribution < -0.4 is 15.8 Å². The molecule has 0 bridgehead atoms. The Morgan fingerprint density at radius 2 is 2.00 bits per heavy atom. The lowest BCUT2D eigenvalue weighted by Crippen LogP contribution is -2.36. The van der Waals surface area contributed by atoms with Gasteiger partial charge in [-0.3, -0.25) is 0 Å². The summed E-state index contributed by atoms with van der Waals surface area (Å²) in [6, 6.07) is 8.21. The summed E-state index contributed by atoms with van der Waals surface area (Å²) in [7, 11) is 4.05. The molecule has 120 valence electrons. The molecule has 0 atom stereocenters. The molecule has 0 spiro atoms. The van der Waals surface area contributed by atoms with Gasteiger partial charge in [0.25, 0.3) is 0 Å². The van der Waals surface area contributed by atoms with E-state index in [-0.39, 0.29) is 30.0 Å². The molecule has 6 heteroatoms. The Balaban J connectivity index is 0.00000400. The fourth-order valence-electron chi connectivity index (χ4n) is 1.63. The lowest BCUT2D eigenvalue weighted by molar-refractivity contribution is 0.259. The van der Waals surface area contributed by atoms with Crippen molar-refractivity contribution in [3.05, 3.63) is 29.8 Å². The second-order valence-electron chi connectivity index (χ2n) is 5.26. The summed E-state index contributed by atoms with van der Waals surface area (Å²) in [5.74, 6) is 1.33. The van der Waals surface area contributed by atoms with Gasteiger partial charge in [0, 0.05) is 18.2 Å². The van der Waals surface area contributed by atoms with E-state index in [1.165, 1.54) is 0 Å². The summed E-state index contributed by atoms with van der Waals surface area (Å²) in [6.07, 6.45) is 0. The molecule has 0 aliphatic heterocycles. The molecule has 1 aromatic carbocycles. The van der Waals surface area contributed by atoms with E-state index >= 15 is 0 Å². The fourth-order valence-corrected chi connectivity index (χ4v) is 1.63. The van der Waals surface area contributed by atoms with Crippen molar-refractivity contribution in [1.82, 2.24) is 10.2 Å². The summed E-state index contributed by atoms with van der Waals surface area (Å²) in [5, 5.41) is 3.07. The first-order chi connectivity index (χ1) is 9.49. The predicted octanol–water partition coefficient (Wildman–Crippen LogP) is 2.06. The third-order valence-corrected chi connectivity index (χ3v) is 2.62. The van der Waals surface area contributed by atoms with E-state index in [0.29, 0.717) is 19.1 Å². The predicted molar refractivity (Wildman–Crippen MR) is 99.5 cm³/mol. The van der Waals surface area contributed by atoms with Crippen molar-refractivity contribution in [2.75, 3.05) is 27.2 Å². The molecule has 5 nitrogen and oxygen atoms in total.